The lowest BCUT2D eigenvalue weighted by Crippen LogP contribution is -2.61. The molecule has 37 heavy (non-hydrogen) atoms. The van der Waals surface area contributed by atoms with Crippen LogP contribution in [-0.4, -0.2) is 67.4 Å². The molecule has 9 heteroatoms. The van der Waals surface area contributed by atoms with E-state index in [9.17, 15) is 19.5 Å². The number of esters is 3. The molecule has 1 heterocycles. The molecule has 1 N–H and O–H groups in total. The topological polar surface area (TPSA) is 118 Å². The van der Waals surface area contributed by atoms with Crippen molar-refractivity contribution in [3.8, 4) is 0 Å². The number of aliphatic hydroxyl groups excluding tert-OH is 1. The lowest BCUT2D eigenvalue weighted by molar-refractivity contribution is -0.288. The van der Waals surface area contributed by atoms with Gasteiger partial charge in [-0.25, -0.2) is 14.4 Å². The molecule has 0 saturated carbocycles. The van der Waals surface area contributed by atoms with Crippen LogP contribution >= 0.6 is 0 Å². The summed E-state index contributed by atoms with van der Waals surface area (Å²) in [5.74, 6) is -2.05. The maximum Gasteiger partial charge on any atom is 0.338 e. The second kappa shape index (κ2) is 12.3. The summed E-state index contributed by atoms with van der Waals surface area (Å²) in [7, 11) is 1.32. The standard InChI is InChI=1S/C28H26O9/c1-33-23-22(36-26(30)19-13-7-3-8-14-19)21(17-34-25(29)18-11-5-2-6-12-18)35-28(32)24(23)37-27(31)20-15-9-4-10-16-20/h2-16,21-24,28,32H,17H2,1H3/t21-,22-,23+,24+,28-/m1/s1. The summed E-state index contributed by atoms with van der Waals surface area (Å²) in [6.07, 6.45) is -6.44. The first-order chi connectivity index (χ1) is 18.0. The van der Waals surface area contributed by atoms with Gasteiger partial charge in [-0.2, -0.15) is 0 Å². The normalized spacial score (nSPS) is 23.0. The number of hydrogen-bond donors (Lipinski definition) is 1. The number of carbonyl (C=O) groups is 3. The second-order valence-corrected chi connectivity index (χ2v) is 8.20. The molecule has 5 atom stereocenters. The average molecular weight is 507 g/mol. The van der Waals surface area contributed by atoms with Crippen LogP contribution in [0.1, 0.15) is 31.1 Å². The van der Waals surface area contributed by atoms with Crippen LogP contribution in [0.2, 0.25) is 0 Å². The van der Waals surface area contributed by atoms with E-state index >= 15 is 0 Å². The summed E-state index contributed by atoms with van der Waals surface area (Å²) in [5.41, 5.74) is 0.831. The van der Waals surface area contributed by atoms with Crippen molar-refractivity contribution < 1.29 is 43.2 Å². The van der Waals surface area contributed by atoms with Gasteiger partial charge >= 0.3 is 17.9 Å². The van der Waals surface area contributed by atoms with Gasteiger partial charge in [0, 0.05) is 7.11 Å². The van der Waals surface area contributed by atoms with E-state index in [1.165, 1.54) is 7.11 Å². The van der Waals surface area contributed by atoms with Crippen molar-refractivity contribution in [2.45, 2.75) is 30.7 Å². The summed E-state index contributed by atoms with van der Waals surface area (Å²) in [4.78, 5) is 38.1. The van der Waals surface area contributed by atoms with E-state index in [-0.39, 0.29) is 17.7 Å². The van der Waals surface area contributed by atoms with E-state index in [1.54, 1.807) is 91.0 Å². The Morgan fingerprint density at radius 1 is 0.676 bits per heavy atom. The van der Waals surface area contributed by atoms with Crippen molar-refractivity contribution in [3.63, 3.8) is 0 Å². The molecule has 3 aromatic rings. The minimum absolute atomic E-state index is 0.251. The van der Waals surface area contributed by atoms with Crippen molar-refractivity contribution in [2.75, 3.05) is 13.7 Å². The van der Waals surface area contributed by atoms with Crippen molar-refractivity contribution in [1.29, 1.82) is 0 Å². The Morgan fingerprint density at radius 3 is 1.57 bits per heavy atom. The Bertz CT molecular complexity index is 1180. The van der Waals surface area contributed by atoms with E-state index in [0.29, 0.717) is 5.56 Å². The molecule has 3 aromatic carbocycles. The Morgan fingerprint density at radius 2 is 1.11 bits per heavy atom. The molecular weight excluding hydrogens is 480 g/mol. The van der Waals surface area contributed by atoms with Gasteiger partial charge in [-0.3, -0.25) is 0 Å². The third-order valence-electron chi connectivity index (χ3n) is 5.77. The highest BCUT2D eigenvalue weighted by Crippen LogP contribution is 2.29. The molecule has 0 spiro atoms. The van der Waals surface area contributed by atoms with E-state index in [2.05, 4.69) is 0 Å². The van der Waals surface area contributed by atoms with E-state index in [4.69, 9.17) is 23.7 Å². The van der Waals surface area contributed by atoms with Gasteiger partial charge < -0.3 is 28.8 Å². The minimum atomic E-state index is -1.65. The predicted molar refractivity (Wildman–Crippen MR) is 130 cm³/mol. The first-order valence-electron chi connectivity index (χ1n) is 11.6. The molecule has 0 bridgehead atoms. The molecule has 9 nitrogen and oxygen atoms in total. The fraction of sp³-hybridized carbons (Fsp3) is 0.250. The molecule has 0 unspecified atom stereocenters. The molecule has 0 radical (unpaired) electrons. The molecule has 0 aliphatic carbocycles. The van der Waals surface area contributed by atoms with Gasteiger partial charge in [0.2, 0.25) is 0 Å². The largest absolute Gasteiger partial charge is 0.459 e. The van der Waals surface area contributed by atoms with Crippen LogP contribution in [0.4, 0.5) is 0 Å². The quantitative estimate of drug-likeness (QED) is 0.363. The maximum absolute atomic E-state index is 12.9. The molecule has 1 saturated heterocycles. The Labute approximate surface area is 213 Å². The Kier molecular flexibility index (Phi) is 8.63. The van der Waals surface area contributed by atoms with Crippen LogP contribution in [0.5, 0.6) is 0 Å². The SMILES string of the molecule is CO[C@@H]1[C@H](OC(=O)c2ccccc2)[C@H](O)O[C@H](COC(=O)c2ccccc2)[C@H]1OC(=O)c1ccccc1. The van der Waals surface area contributed by atoms with E-state index in [0.717, 1.165) is 0 Å². The van der Waals surface area contributed by atoms with Gasteiger partial charge in [-0.05, 0) is 36.4 Å². The zero-order chi connectivity index (χ0) is 26.2. The second-order valence-electron chi connectivity index (χ2n) is 8.20. The van der Waals surface area contributed by atoms with Crippen LogP contribution in [0.15, 0.2) is 91.0 Å². The molecule has 192 valence electrons. The van der Waals surface area contributed by atoms with Gasteiger partial charge in [-0.1, -0.05) is 54.6 Å². The summed E-state index contributed by atoms with van der Waals surface area (Å²) >= 11 is 0. The summed E-state index contributed by atoms with van der Waals surface area (Å²) in [6, 6.07) is 24.7. The highest BCUT2D eigenvalue weighted by atomic mass is 16.7. The van der Waals surface area contributed by atoms with Crippen molar-refractivity contribution in [1.82, 2.24) is 0 Å². The van der Waals surface area contributed by atoms with Crippen LogP contribution in [0, 0.1) is 0 Å². The van der Waals surface area contributed by atoms with Crippen molar-refractivity contribution in [2.24, 2.45) is 0 Å². The molecule has 1 fully saturated rings. The third-order valence-corrected chi connectivity index (χ3v) is 5.77. The number of methoxy groups -OCH3 is 1. The van der Waals surface area contributed by atoms with Crippen LogP contribution in [0.25, 0.3) is 0 Å². The highest BCUT2D eigenvalue weighted by molar-refractivity contribution is 5.90. The zero-order valence-electron chi connectivity index (χ0n) is 20.0. The fourth-order valence-electron chi connectivity index (χ4n) is 3.91. The number of aliphatic hydroxyl groups is 1. The van der Waals surface area contributed by atoms with Crippen molar-refractivity contribution in [3.05, 3.63) is 108 Å². The zero-order valence-corrected chi connectivity index (χ0v) is 20.0. The molecule has 4 rings (SSSR count). The van der Waals surface area contributed by atoms with E-state index in [1.807, 2.05) is 0 Å². The number of hydrogen-bond acceptors (Lipinski definition) is 9. The summed E-state index contributed by atoms with van der Waals surface area (Å²) < 4.78 is 27.8. The van der Waals surface area contributed by atoms with Gasteiger partial charge in [0.1, 0.15) is 18.8 Å². The third kappa shape index (κ3) is 6.39. The monoisotopic (exact) mass is 506 g/mol. The van der Waals surface area contributed by atoms with Crippen LogP contribution < -0.4 is 0 Å². The summed E-state index contributed by atoms with van der Waals surface area (Å²) in [5, 5.41) is 10.7. The lowest BCUT2D eigenvalue weighted by Gasteiger charge is -2.42. The maximum atomic E-state index is 12.9. The van der Waals surface area contributed by atoms with Gasteiger partial charge in [0.25, 0.3) is 0 Å². The van der Waals surface area contributed by atoms with Crippen molar-refractivity contribution >= 4 is 17.9 Å². The number of carbonyl (C=O) groups excluding carboxylic acids is 3. The van der Waals surface area contributed by atoms with E-state index < -0.39 is 48.6 Å². The smallest absolute Gasteiger partial charge is 0.338 e. The fourth-order valence-corrected chi connectivity index (χ4v) is 3.91. The van der Waals surface area contributed by atoms with Gasteiger partial charge in [0.15, 0.2) is 18.5 Å². The minimum Gasteiger partial charge on any atom is -0.459 e. The molecule has 0 aromatic heterocycles. The van der Waals surface area contributed by atoms with Crippen LogP contribution in [-0.2, 0) is 23.7 Å². The average Bonchev–Trinajstić information content (AvgIpc) is 2.95. The molecule has 0 amide bonds. The molecule has 1 aliphatic rings. The predicted octanol–water partition coefficient (Wildman–Crippen LogP) is 3.03. The Hall–Kier alpha value is -4.05. The molecular formula is C28H26O9. The highest BCUT2D eigenvalue weighted by Gasteiger charge is 2.50. The lowest BCUT2D eigenvalue weighted by atomic mass is 9.98. The first kappa shape index (κ1) is 26.0. The number of rotatable bonds is 8. The number of benzene rings is 3. The summed E-state index contributed by atoms with van der Waals surface area (Å²) in [6.45, 7) is -0.364. The first-order valence-corrected chi connectivity index (χ1v) is 11.6. The Balaban J connectivity index is 1.55. The van der Waals surface area contributed by atoms with Crippen LogP contribution in [0.3, 0.4) is 0 Å². The van der Waals surface area contributed by atoms with Gasteiger partial charge in [0.05, 0.1) is 16.7 Å². The molecule has 1 aliphatic heterocycles. The van der Waals surface area contributed by atoms with Gasteiger partial charge in [-0.15, -0.1) is 0 Å². The number of ether oxygens (including phenoxy) is 5.